The topological polar surface area (TPSA) is 46.9 Å². The zero-order valence-corrected chi connectivity index (χ0v) is 12.6. The lowest BCUT2D eigenvalue weighted by atomic mass is 9.85. The summed E-state index contributed by atoms with van der Waals surface area (Å²) in [6, 6.07) is 0.0635. The van der Waals surface area contributed by atoms with Gasteiger partial charge in [0.05, 0.1) is 10.7 Å². The molecule has 1 aliphatic rings. The molecule has 0 radical (unpaired) electrons. The Kier molecular flexibility index (Phi) is 4.65. The van der Waals surface area contributed by atoms with Gasteiger partial charge in [0.2, 0.25) is 0 Å². The number of anilines is 1. The first-order valence-electron chi connectivity index (χ1n) is 6.57. The van der Waals surface area contributed by atoms with Crippen LogP contribution in [-0.2, 0) is 6.54 Å². The van der Waals surface area contributed by atoms with Crippen molar-refractivity contribution in [2.75, 3.05) is 5.32 Å². The summed E-state index contributed by atoms with van der Waals surface area (Å²) in [6.45, 7) is 2.67. The highest BCUT2D eigenvalue weighted by molar-refractivity contribution is 9.10. The Morgan fingerprint density at radius 3 is 3.00 bits per heavy atom. The molecule has 1 unspecified atom stereocenters. The number of aromatic nitrogens is 2. The second kappa shape index (κ2) is 6.25. The van der Waals surface area contributed by atoms with Crippen LogP contribution in [0.4, 0.5) is 5.69 Å². The molecule has 1 heterocycles. The van der Waals surface area contributed by atoms with Gasteiger partial charge in [0.15, 0.2) is 0 Å². The molecule has 4 nitrogen and oxygen atoms in total. The molecule has 102 valence electrons. The standard InChI is InChI=1S/C14H18BrN3O/c1-3-5-10(2)17-13-12(15)8-16-18(14(13)19)9-11-6-4-7-11/h1,8,10-11,17H,4-7,9H2,2H3. The average Bonchev–Trinajstić information content (AvgIpc) is 2.32. The molecule has 1 atom stereocenters. The first-order valence-corrected chi connectivity index (χ1v) is 7.36. The van der Waals surface area contributed by atoms with Crippen molar-refractivity contribution in [2.45, 2.75) is 45.2 Å². The third-order valence-corrected chi connectivity index (χ3v) is 4.07. The lowest BCUT2D eigenvalue weighted by molar-refractivity contribution is 0.262. The minimum absolute atomic E-state index is 0.0635. The van der Waals surface area contributed by atoms with Crippen LogP contribution in [0.5, 0.6) is 0 Å². The van der Waals surface area contributed by atoms with Gasteiger partial charge in [-0.1, -0.05) is 6.42 Å². The van der Waals surface area contributed by atoms with Crippen LogP contribution in [-0.4, -0.2) is 15.8 Å². The third-order valence-electron chi connectivity index (χ3n) is 3.47. The summed E-state index contributed by atoms with van der Waals surface area (Å²) in [5.74, 6) is 3.19. The smallest absolute Gasteiger partial charge is 0.291 e. The van der Waals surface area contributed by atoms with Gasteiger partial charge in [0, 0.05) is 19.0 Å². The highest BCUT2D eigenvalue weighted by Gasteiger charge is 2.20. The average molecular weight is 324 g/mol. The molecule has 1 saturated carbocycles. The number of hydrogen-bond donors (Lipinski definition) is 1. The van der Waals surface area contributed by atoms with Crippen molar-refractivity contribution in [3.63, 3.8) is 0 Å². The van der Waals surface area contributed by atoms with Crippen LogP contribution in [0, 0.1) is 18.3 Å². The van der Waals surface area contributed by atoms with E-state index >= 15 is 0 Å². The maximum atomic E-state index is 12.4. The van der Waals surface area contributed by atoms with E-state index in [2.05, 4.69) is 32.3 Å². The van der Waals surface area contributed by atoms with Gasteiger partial charge < -0.3 is 5.32 Å². The number of rotatable bonds is 5. The number of terminal acetylenes is 1. The molecule has 0 saturated heterocycles. The van der Waals surface area contributed by atoms with Gasteiger partial charge in [-0.15, -0.1) is 12.3 Å². The van der Waals surface area contributed by atoms with E-state index in [1.807, 2.05) is 6.92 Å². The fraction of sp³-hybridized carbons (Fsp3) is 0.571. The summed E-state index contributed by atoms with van der Waals surface area (Å²) in [4.78, 5) is 12.4. The molecule has 5 heteroatoms. The van der Waals surface area contributed by atoms with E-state index < -0.39 is 0 Å². The molecule has 1 N–H and O–H groups in total. The molecular formula is C14H18BrN3O. The van der Waals surface area contributed by atoms with Crippen molar-refractivity contribution < 1.29 is 0 Å². The Hall–Kier alpha value is -1.28. The summed E-state index contributed by atoms with van der Waals surface area (Å²) in [6.07, 6.45) is 11.2. The van der Waals surface area contributed by atoms with Crippen LogP contribution in [0.3, 0.4) is 0 Å². The maximum absolute atomic E-state index is 12.4. The SMILES string of the molecule is C#CCC(C)Nc1c(Br)cnn(CC2CCC2)c1=O. The first-order chi connectivity index (χ1) is 9.11. The quantitative estimate of drug-likeness (QED) is 0.847. The molecule has 2 rings (SSSR count). The van der Waals surface area contributed by atoms with Crippen LogP contribution in [0.1, 0.15) is 32.6 Å². The van der Waals surface area contributed by atoms with Crippen molar-refractivity contribution >= 4 is 21.6 Å². The van der Waals surface area contributed by atoms with E-state index in [0.717, 1.165) is 0 Å². The van der Waals surface area contributed by atoms with Crippen LogP contribution < -0.4 is 10.9 Å². The second-order valence-electron chi connectivity index (χ2n) is 5.11. The Morgan fingerprint density at radius 1 is 1.68 bits per heavy atom. The molecule has 0 aliphatic heterocycles. The van der Waals surface area contributed by atoms with E-state index in [1.54, 1.807) is 10.9 Å². The molecule has 1 fully saturated rings. The van der Waals surface area contributed by atoms with Gasteiger partial charge in [-0.25, -0.2) is 4.68 Å². The third kappa shape index (κ3) is 3.38. The number of nitrogens with zero attached hydrogens (tertiary/aromatic N) is 2. The molecular weight excluding hydrogens is 306 g/mol. The zero-order valence-electron chi connectivity index (χ0n) is 11.0. The Bertz CT molecular complexity index is 543. The molecule has 0 spiro atoms. The molecule has 1 aliphatic carbocycles. The lowest BCUT2D eigenvalue weighted by Crippen LogP contribution is -2.32. The zero-order chi connectivity index (χ0) is 13.8. The van der Waals surface area contributed by atoms with Gasteiger partial charge in [-0.3, -0.25) is 4.79 Å². The van der Waals surface area contributed by atoms with Crippen molar-refractivity contribution in [3.05, 3.63) is 21.0 Å². The summed E-state index contributed by atoms with van der Waals surface area (Å²) >= 11 is 3.37. The largest absolute Gasteiger partial charge is 0.376 e. The Morgan fingerprint density at radius 2 is 2.42 bits per heavy atom. The fourth-order valence-corrected chi connectivity index (χ4v) is 2.50. The number of nitrogens with one attached hydrogen (secondary N) is 1. The van der Waals surface area contributed by atoms with Crippen LogP contribution >= 0.6 is 15.9 Å². The molecule has 0 bridgehead atoms. The minimum atomic E-state index is -0.0786. The monoisotopic (exact) mass is 323 g/mol. The minimum Gasteiger partial charge on any atom is -0.376 e. The molecule has 0 amide bonds. The van der Waals surface area contributed by atoms with E-state index in [-0.39, 0.29) is 11.6 Å². The van der Waals surface area contributed by atoms with E-state index in [9.17, 15) is 4.79 Å². The van der Waals surface area contributed by atoms with E-state index in [1.165, 1.54) is 19.3 Å². The van der Waals surface area contributed by atoms with Crippen LogP contribution in [0.15, 0.2) is 15.5 Å². The fourth-order valence-electron chi connectivity index (χ4n) is 2.12. The van der Waals surface area contributed by atoms with Crippen LogP contribution in [0.2, 0.25) is 0 Å². The van der Waals surface area contributed by atoms with Gasteiger partial charge in [-0.2, -0.15) is 5.10 Å². The lowest BCUT2D eigenvalue weighted by Gasteiger charge is -2.25. The maximum Gasteiger partial charge on any atom is 0.291 e. The Balaban J connectivity index is 2.19. The van der Waals surface area contributed by atoms with E-state index in [0.29, 0.717) is 29.0 Å². The predicted molar refractivity (Wildman–Crippen MR) is 80.1 cm³/mol. The molecule has 1 aromatic heterocycles. The Labute approximate surface area is 121 Å². The normalized spacial score (nSPS) is 16.5. The van der Waals surface area contributed by atoms with Gasteiger partial charge in [0.1, 0.15) is 5.69 Å². The first kappa shape index (κ1) is 14.1. The van der Waals surface area contributed by atoms with Gasteiger partial charge in [0.25, 0.3) is 5.56 Å². The van der Waals surface area contributed by atoms with Crippen molar-refractivity contribution in [1.82, 2.24) is 9.78 Å². The van der Waals surface area contributed by atoms with Crippen molar-refractivity contribution in [3.8, 4) is 12.3 Å². The molecule has 19 heavy (non-hydrogen) atoms. The summed E-state index contributed by atoms with van der Waals surface area (Å²) in [7, 11) is 0. The van der Waals surface area contributed by atoms with E-state index in [4.69, 9.17) is 6.42 Å². The summed E-state index contributed by atoms with van der Waals surface area (Å²) in [5, 5.41) is 7.36. The second-order valence-corrected chi connectivity index (χ2v) is 5.96. The van der Waals surface area contributed by atoms with Gasteiger partial charge >= 0.3 is 0 Å². The highest BCUT2D eigenvalue weighted by Crippen LogP contribution is 2.27. The highest BCUT2D eigenvalue weighted by atomic mass is 79.9. The summed E-state index contributed by atoms with van der Waals surface area (Å²) < 4.78 is 2.24. The predicted octanol–water partition coefficient (Wildman–Crippen LogP) is 2.63. The molecule has 0 aromatic carbocycles. The molecule has 1 aromatic rings. The van der Waals surface area contributed by atoms with Crippen molar-refractivity contribution in [1.29, 1.82) is 0 Å². The van der Waals surface area contributed by atoms with Crippen molar-refractivity contribution in [2.24, 2.45) is 5.92 Å². The number of halogens is 1. The number of hydrogen-bond acceptors (Lipinski definition) is 3. The van der Waals surface area contributed by atoms with Crippen LogP contribution in [0.25, 0.3) is 0 Å². The summed E-state index contributed by atoms with van der Waals surface area (Å²) in [5.41, 5.74) is 0.474. The van der Waals surface area contributed by atoms with Gasteiger partial charge in [-0.05, 0) is 41.6 Å².